The van der Waals surface area contributed by atoms with E-state index in [-0.39, 0.29) is 37.3 Å². The Morgan fingerprint density at radius 2 is 0.824 bits per heavy atom. The number of benzene rings is 6. The van der Waals surface area contributed by atoms with E-state index in [1.54, 1.807) is 0 Å². The van der Waals surface area contributed by atoms with Crippen LogP contribution in [0.3, 0.4) is 0 Å². The van der Waals surface area contributed by atoms with E-state index in [0.29, 0.717) is 0 Å². The molecule has 0 unspecified atom stereocenters. The van der Waals surface area contributed by atoms with Crippen molar-refractivity contribution in [2.45, 2.75) is 71.6 Å². The van der Waals surface area contributed by atoms with Crippen LogP contribution in [0.4, 0.5) is 0 Å². The highest BCUT2D eigenvalue weighted by atomic mass is 16.5. The largest absolute Gasteiger partial charge is 0.490 e. The Morgan fingerprint density at radius 3 is 1.18 bits per heavy atom. The van der Waals surface area contributed by atoms with Crippen molar-refractivity contribution in [2.75, 3.05) is 26.4 Å². The van der Waals surface area contributed by atoms with Crippen LogP contribution in [-0.2, 0) is 16.2 Å². The highest BCUT2D eigenvalue weighted by Gasteiger charge is 2.33. The Hall–Kier alpha value is -4.64. The van der Waals surface area contributed by atoms with Crippen LogP contribution in [0.5, 0.6) is 11.5 Å². The van der Waals surface area contributed by atoms with Crippen LogP contribution in [0.1, 0.15) is 77.6 Å². The molecule has 0 bridgehead atoms. The first kappa shape index (κ1) is 36.2. The second-order valence-electron chi connectivity index (χ2n) is 16.2. The van der Waals surface area contributed by atoms with E-state index in [1.807, 2.05) is 0 Å². The topological polar surface area (TPSA) is 58.9 Å². The predicted octanol–water partition coefficient (Wildman–Crippen LogP) is 11.0. The third-order valence-corrected chi connectivity index (χ3v) is 10.0. The van der Waals surface area contributed by atoms with E-state index in [1.165, 1.54) is 32.7 Å². The highest BCUT2D eigenvalue weighted by molar-refractivity contribution is 5.90. The lowest BCUT2D eigenvalue weighted by Gasteiger charge is -2.34. The standard InChI is InChI=1S/C47H52O4/c1-45(2,3)41-29-37(27-39(43(41)50-23-21-48)35-19-17-31-13-9-11-15-33(31)25-35)47(7,8)38-28-40(36-20-18-32-14-10-12-16-34(32)26-36)44(51-24-22-49)42(30-38)46(4,5)6/h9-20,25-30,48-49H,21-24H2,1-8H3. The Bertz CT molecular complexity index is 2020. The van der Waals surface area contributed by atoms with Crippen molar-refractivity contribution in [3.05, 3.63) is 131 Å². The lowest BCUT2D eigenvalue weighted by atomic mass is 9.71. The molecule has 264 valence electrons. The molecule has 0 aliphatic carbocycles. The third kappa shape index (κ3) is 7.40. The van der Waals surface area contributed by atoms with E-state index < -0.39 is 5.41 Å². The van der Waals surface area contributed by atoms with Crippen LogP contribution in [0.15, 0.2) is 109 Å². The van der Waals surface area contributed by atoms with Gasteiger partial charge in [0.1, 0.15) is 24.7 Å². The lowest BCUT2D eigenvalue weighted by molar-refractivity contribution is 0.199. The maximum absolute atomic E-state index is 9.85. The third-order valence-electron chi connectivity index (χ3n) is 10.0. The Morgan fingerprint density at radius 1 is 0.451 bits per heavy atom. The Kier molecular flexibility index (Phi) is 10.0. The van der Waals surface area contributed by atoms with Gasteiger partial charge in [-0.2, -0.15) is 0 Å². The lowest BCUT2D eigenvalue weighted by Crippen LogP contribution is -2.24. The van der Waals surface area contributed by atoms with Gasteiger partial charge in [0, 0.05) is 27.7 Å². The number of hydrogen-bond acceptors (Lipinski definition) is 4. The average molecular weight is 681 g/mol. The van der Waals surface area contributed by atoms with Crippen LogP contribution in [-0.4, -0.2) is 36.6 Å². The molecule has 0 spiro atoms. The van der Waals surface area contributed by atoms with Gasteiger partial charge in [-0.1, -0.05) is 140 Å². The Balaban J connectivity index is 1.63. The molecule has 0 saturated carbocycles. The normalized spacial score (nSPS) is 12.4. The molecular formula is C47H52O4. The van der Waals surface area contributed by atoms with Gasteiger partial charge < -0.3 is 19.7 Å². The zero-order chi connectivity index (χ0) is 36.6. The molecule has 0 atom stereocenters. The number of ether oxygens (including phenoxy) is 2. The minimum Gasteiger partial charge on any atom is -0.490 e. The fraction of sp³-hybridized carbons (Fsp3) is 0.319. The SMILES string of the molecule is CC(C)(C)c1cc(C(C)(C)c2cc(-c3ccc4ccccc4c3)c(OCCO)c(C(C)(C)C)c2)cc(-c2ccc3ccccc3c2)c1OCCO. The van der Waals surface area contributed by atoms with Gasteiger partial charge in [-0.15, -0.1) is 0 Å². The molecule has 4 heteroatoms. The molecule has 6 rings (SSSR count). The molecule has 0 aliphatic rings. The van der Waals surface area contributed by atoms with Gasteiger partial charge >= 0.3 is 0 Å². The summed E-state index contributed by atoms with van der Waals surface area (Å²) in [7, 11) is 0. The number of aliphatic hydroxyl groups is 2. The molecule has 2 N–H and O–H groups in total. The molecule has 4 nitrogen and oxygen atoms in total. The van der Waals surface area contributed by atoms with Gasteiger partial charge in [-0.05, 0) is 78.9 Å². The van der Waals surface area contributed by atoms with Crippen LogP contribution in [0, 0.1) is 0 Å². The zero-order valence-corrected chi connectivity index (χ0v) is 31.4. The first-order valence-corrected chi connectivity index (χ1v) is 18.1. The summed E-state index contributed by atoms with van der Waals surface area (Å²) in [5, 5.41) is 24.4. The number of fused-ring (bicyclic) bond motifs is 2. The summed E-state index contributed by atoms with van der Waals surface area (Å²) in [6.07, 6.45) is 0. The highest BCUT2D eigenvalue weighted by Crippen LogP contribution is 2.48. The van der Waals surface area contributed by atoms with Gasteiger partial charge in [0.2, 0.25) is 0 Å². The summed E-state index contributed by atoms with van der Waals surface area (Å²) in [5.74, 6) is 1.62. The summed E-state index contributed by atoms with van der Waals surface area (Å²) in [6, 6.07) is 39.2. The molecule has 51 heavy (non-hydrogen) atoms. The maximum Gasteiger partial charge on any atom is 0.130 e. The van der Waals surface area contributed by atoms with E-state index in [4.69, 9.17) is 9.47 Å². The Labute approximate surface area is 303 Å². The average Bonchev–Trinajstić information content (AvgIpc) is 3.11. The fourth-order valence-electron chi connectivity index (χ4n) is 7.01. The van der Waals surface area contributed by atoms with Gasteiger partial charge in [-0.3, -0.25) is 0 Å². The maximum atomic E-state index is 9.85. The van der Waals surface area contributed by atoms with E-state index >= 15 is 0 Å². The minimum atomic E-state index is -0.442. The van der Waals surface area contributed by atoms with Crippen molar-refractivity contribution in [3.63, 3.8) is 0 Å². The molecule has 0 saturated heterocycles. The zero-order valence-electron chi connectivity index (χ0n) is 31.4. The second-order valence-corrected chi connectivity index (χ2v) is 16.2. The minimum absolute atomic E-state index is 0.0637. The molecule has 0 fully saturated rings. The van der Waals surface area contributed by atoms with Crippen molar-refractivity contribution >= 4 is 21.5 Å². The van der Waals surface area contributed by atoms with Crippen molar-refractivity contribution in [2.24, 2.45) is 0 Å². The smallest absolute Gasteiger partial charge is 0.130 e. The van der Waals surface area contributed by atoms with Gasteiger partial charge in [0.25, 0.3) is 0 Å². The summed E-state index contributed by atoms with van der Waals surface area (Å²) < 4.78 is 12.9. The summed E-state index contributed by atoms with van der Waals surface area (Å²) >= 11 is 0. The molecule has 0 heterocycles. The van der Waals surface area contributed by atoms with Crippen LogP contribution < -0.4 is 9.47 Å². The van der Waals surface area contributed by atoms with Crippen molar-refractivity contribution in [3.8, 4) is 33.8 Å². The molecule has 0 aromatic heterocycles. The molecular weight excluding hydrogens is 629 g/mol. The molecule has 0 amide bonds. The van der Waals surface area contributed by atoms with Crippen molar-refractivity contribution in [1.29, 1.82) is 0 Å². The first-order valence-electron chi connectivity index (χ1n) is 18.1. The molecule has 0 aliphatic heterocycles. The summed E-state index contributed by atoms with van der Waals surface area (Å²) in [5.41, 5.74) is 7.78. The van der Waals surface area contributed by atoms with Crippen LogP contribution >= 0.6 is 0 Å². The van der Waals surface area contributed by atoms with Crippen molar-refractivity contribution in [1.82, 2.24) is 0 Å². The molecule has 6 aromatic rings. The van der Waals surface area contributed by atoms with Crippen LogP contribution in [0.25, 0.3) is 43.8 Å². The summed E-state index contributed by atoms with van der Waals surface area (Å²) in [4.78, 5) is 0. The first-order chi connectivity index (χ1) is 24.2. The van der Waals surface area contributed by atoms with Gasteiger partial charge in [-0.25, -0.2) is 0 Å². The van der Waals surface area contributed by atoms with E-state index in [0.717, 1.165) is 44.9 Å². The van der Waals surface area contributed by atoms with E-state index in [9.17, 15) is 10.2 Å². The number of rotatable bonds is 10. The fourth-order valence-corrected chi connectivity index (χ4v) is 7.01. The second kappa shape index (κ2) is 14.2. The monoisotopic (exact) mass is 680 g/mol. The predicted molar refractivity (Wildman–Crippen MR) is 213 cm³/mol. The summed E-state index contributed by atoms with van der Waals surface area (Å²) in [6.45, 7) is 18.2. The quantitative estimate of drug-likeness (QED) is 0.151. The number of hydrogen-bond donors (Lipinski definition) is 2. The molecule has 0 radical (unpaired) electrons. The molecule has 6 aromatic carbocycles. The van der Waals surface area contributed by atoms with Gasteiger partial charge in [0.05, 0.1) is 13.2 Å². The van der Waals surface area contributed by atoms with Crippen LogP contribution in [0.2, 0.25) is 0 Å². The van der Waals surface area contributed by atoms with E-state index in [2.05, 4.69) is 165 Å². The van der Waals surface area contributed by atoms with Gasteiger partial charge in [0.15, 0.2) is 0 Å². The number of aliphatic hydroxyl groups excluding tert-OH is 2. The van der Waals surface area contributed by atoms with Crippen molar-refractivity contribution < 1.29 is 19.7 Å².